The molecule has 9 atom stereocenters. The Kier molecular flexibility index (Phi) is 7.12. The molecule has 1 heterocycles. The van der Waals surface area contributed by atoms with Crippen LogP contribution in [0.2, 0.25) is 0 Å². The van der Waals surface area contributed by atoms with Gasteiger partial charge in [0.1, 0.15) is 0 Å². The molecule has 262 valence electrons. The highest BCUT2D eigenvalue weighted by atomic mass is 16.3. The van der Waals surface area contributed by atoms with Gasteiger partial charge in [0.05, 0.1) is 30.7 Å². The number of aliphatic hydroxyl groups excluding tert-OH is 3. The van der Waals surface area contributed by atoms with E-state index in [0.29, 0.717) is 31.7 Å². The van der Waals surface area contributed by atoms with Crippen LogP contribution < -0.4 is 0 Å². The first-order valence-corrected chi connectivity index (χ1v) is 19.3. The highest BCUT2D eigenvalue weighted by Gasteiger charge is 2.74. The van der Waals surface area contributed by atoms with Crippen LogP contribution in [0.1, 0.15) is 108 Å². The molecule has 7 nitrogen and oxygen atoms in total. The third-order valence-corrected chi connectivity index (χ3v) is 16.6. The van der Waals surface area contributed by atoms with E-state index in [-0.39, 0.29) is 46.6 Å². The molecule has 7 fully saturated rings. The predicted molar refractivity (Wildman–Crippen MR) is 182 cm³/mol. The second kappa shape index (κ2) is 10.6. The molecular weight excluding hydrogens is 602 g/mol. The minimum Gasteiger partial charge on any atom is -0.461 e. The summed E-state index contributed by atoms with van der Waals surface area (Å²) in [5.41, 5.74) is -1.33. The van der Waals surface area contributed by atoms with Gasteiger partial charge in [0, 0.05) is 41.5 Å². The number of carbonyl (C=O) groups excluding carboxylic acids is 1. The van der Waals surface area contributed by atoms with E-state index in [1.807, 2.05) is 0 Å². The zero-order chi connectivity index (χ0) is 33.3. The second-order valence-corrected chi connectivity index (χ2v) is 19.0. The minimum absolute atomic E-state index is 0.0509. The molecule has 1 aromatic heterocycles. The summed E-state index contributed by atoms with van der Waals surface area (Å²) in [6.07, 6.45) is 20.9. The highest BCUT2D eigenvalue weighted by molar-refractivity contribution is 6.08. The molecule has 6 bridgehead atoms. The van der Waals surface area contributed by atoms with Gasteiger partial charge in [-0.2, -0.15) is 0 Å². The van der Waals surface area contributed by atoms with Gasteiger partial charge in [0.2, 0.25) is 5.78 Å². The number of nitrogens with zero attached hydrogens (tertiary/aromatic N) is 1. The van der Waals surface area contributed by atoms with Gasteiger partial charge in [0.25, 0.3) is 0 Å². The first-order chi connectivity index (χ1) is 22.9. The van der Waals surface area contributed by atoms with Gasteiger partial charge in [-0.3, -0.25) is 9.69 Å². The SMILES string of the molecule is C[C@]12CC[C@H]3[C@]4(C=C[C@@]5(C=C4C(=O)c4ccco4)CC(O)CC[C@]35C)[C@@H]1CC[C@@]2(O)CN(C[C@H](O)CO)CC12CC3CC(CC(C3)C1)C2. The fraction of sp³-hybridized carbons (Fsp3) is 0.780. The number of rotatable bonds is 9. The summed E-state index contributed by atoms with van der Waals surface area (Å²) in [6.45, 7) is 6.19. The van der Waals surface area contributed by atoms with E-state index < -0.39 is 22.5 Å². The first kappa shape index (κ1) is 32.2. The Morgan fingerprint density at radius 1 is 0.938 bits per heavy atom. The molecular formula is C41H57NO6. The number of carbonyl (C=O) groups is 1. The Morgan fingerprint density at radius 2 is 1.60 bits per heavy atom. The summed E-state index contributed by atoms with van der Waals surface area (Å²) >= 11 is 0. The van der Waals surface area contributed by atoms with Crippen molar-refractivity contribution in [3.05, 3.63) is 48.0 Å². The number of furan rings is 1. The standard InChI is InChI=1S/C41H57NO6/c1-36-8-5-29(44)20-39(36)11-12-41(31(21-39)35(46)32-4-3-13-48-32)33(36)6-9-37(2)34(41)7-10-40(37,47)25-42(22-30(45)23-43)24-38-17-26-14-27(18-38)16-28(15-26)19-38/h3-4,11-13,21,26-30,33-34,43-45,47H,5-10,14-20,22-25H2,1-2H3/t26?,27?,28?,29?,30-,33+,34+,36+,37-,38?,39-,40+,41+/m0/s1. The van der Waals surface area contributed by atoms with E-state index in [9.17, 15) is 25.2 Å². The first-order valence-electron chi connectivity index (χ1n) is 19.3. The van der Waals surface area contributed by atoms with Crippen molar-refractivity contribution < 1.29 is 29.6 Å². The van der Waals surface area contributed by atoms with Gasteiger partial charge < -0.3 is 24.8 Å². The van der Waals surface area contributed by atoms with Crippen molar-refractivity contribution in [3.63, 3.8) is 0 Å². The van der Waals surface area contributed by atoms with Crippen molar-refractivity contribution in [2.45, 2.75) is 115 Å². The maximum atomic E-state index is 14.5. The molecule has 48 heavy (non-hydrogen) atoms. The molecule has 7 saturated carbocycles. The van der Waals surface area contributed by atoms with Crippen LogP contribution >= 0.6 is 0 Å². The maximum Gasteiger partial charge on any atom is 0.224 e. The molecule has 1 unspecified atom stereocenters. The number of hydrogen-bond donors (Lipinski definition) is 4. The molecule has 10 aliphatic carbocycles. The van der Waals surface area contributed by atoms with Crippen LogP contribution in [0.25, 0.3) is 0 Å². The molecule has 4 N–H and O–H groups in total. The summed E-state index contributed by atoms with van der Waals surface area (Å²) in [7, 11) is 0. The fourth-order valence-electron chi connectivity index (χ4n) is 15.0. The Morgan fingerprint density at radius 3 is 2.27 bits per heavy atom. The van der Waals surface area contributed by atoms with E-state index in [0.717, 1.165) is 62.0 Å². The van der Waals surface area contributed by atoms with Gasteiger partial charge in [-0.25, -0.2) is 0 Å². The lowest BCUT2D eigenvalue weighted by Crippen LogP contribution is -2.67. The third-order valence-electron chi connectivity index (χ3n) is 16.6. The normalized spacial score (nSPS) is 50.3. The maximum absolute atomic E-state index is 14.5. The van der Waals surface area contributed by atoms with Crippen LogP contribution in [0.3, 0.4) is 0 Å². The zero-order valence-corrected chi connectivity index (χ0v) is 29.1. The van der Waals surface area contributed by atoms with Crippen LogP contribution in [0, 0.1) is 56.7 Å². The van der Waals surface area contributed by atoms with Crippen LogP contribution in [0.4, 0.5) is 0 Å². The molecule has 1 aromatic rings. The topological polar surface area (TPSA) is 114 Å². The van der Waals surface area contributed by atoms with Gasteiger partial charge in [0.15, 0.2) is 5.76 Å². The van der Waals surface area contributed by atoms with Crippen molar-refractivity contribution in [3.8, 4) is 0 Å². The number of allylic oxidation sites excluding steroid dienone is 4. The van der Waals surface area contributed by atoms with Crippen LogP contribution in [0.5, 0.6) is 0 Å². The van der Waals surface area contributed by atoms with Gasteiger partial charge >= 0.3 is 0 Å². The van der Waals surface area contributed by atoms with Crippen molar-refractivity contribution in [1.82, 2.24) is 4.90 Å². The molecule has 0 radical (unpaired) electrons. The monoisotopic (exact) mass is 659 g/mol. The molecule has 0 aromatic carbocycles. The Hall–Kier alpha value is -1.77. The van der Waals surface area contributed by atoms with E-state index in [1.165, 1.54) is 38.5 Å². The van der Waals surface area contributed by atoms with Crippen molar-refractivity contribution in [2.24, 2.45) is 56.7 Å². The lowest BCUT2D eigenvalue weighted by molar-refractivity contribution is -0.179. The number of hydrogen-bond acceptors (Lipinski definition) is 7. The van der Waals surface area contributed by atoms with Crippen molar-refractivity contribution in [1.29, 1.82) is 0 Å². The smallest absolute Gasteiger partial charge is 0.224 e. The van der Waals surface area contributed by atoms with Crippen molar-refractivity contribution in [2.75, 3.05) is 26.2 Å². The van der Waals surface area contributed by atoms with Gasteiger partial charge in [-0.05, 0) is 136 Å². The lowest BCUT2D eigenvalue weighted by Gasteiger charge is -2.71. The largest absolute Gasteiger partial charge is 0.461 e. The Bertz CT molecular complexity index is 1480. The molecule has 0 saturated heterocycles. The highest BCUT2D eigenvalue weighted by Crippen LogP contribution is 2.78. The fourth-order valence-corrected chi connectivity index (χ4v) is 15.0. The average molecular weight is 660 g/mol. The van der Waals surface area contributed by atoms with E-state index in [1.54, 1.807) is 18.4 Å². The minimum atomic E-state index is -0.989. The summed E-state index contributed by atoms with van der Waals surface area (Å²) in [6, 6.07) is 3.56. The molecule has 10 aliphatic rings. The Labute approximate surface area is 285 Å². The summed E-state index contributed by atoms with van der Waals surface area (Å²) in [4.78, 5) is 16.9. The number of Topliss-reactive ketones (excluding diaryl/α,β-unsaturated/α-hetero) is 1. The quantitative estimate of drug-likeness (QED) is 0.192. The third kappa shape index (κ3) is 4.26. The number of ketones is 1. The summed E-state index contributed by atoms with van der Waals surface area (Å²) < 4.78 is 5.74. The molecule has 11 rings (SSSR count). The number of aliphatic hydroxyl groups is 4. The average Bonchev–Trinajstić information content (AvgIpc) is 3.66. The molecule has 0 aliphatic heterocycles. The molecule has 2 spiro atoms. The van der Waals surface area contributed by atoms with Crippen LogP contribution in [-0.4, -0.2) is 75.2 Å². The number of fused-ring (bicyclic) bond motifs is 1. The van der Waals surface area contributed by atoms with E-state index >= 15 is 0 Å². The lowest BCUT2D eigenvalue weighted by atomic mass is 9.32. The van der Waals surface area contributed by atoms with E-state index in [4.69, 9.17) is 4.42 Å². The molecule has 0 amide bonds. The Balaban J connectivity index is 1.08. The van der Waals surface area contributed by atoms with Crippen LogP contribution in [0.15, 0.2) is 46.6 Å². The predicted octanol–water partition coefficient (Wildman–Crippen LogP) is 5.93. The van der Waals surface area contributed by atoms with E-state index in [2.05, 4.69) is 37.0 Å². The summed E-state index contributed by atoms with van der Waals surface area (Å²) in [5, 5.41) is 44.8. The molecule has 7 heteroatoms. The van der Waals surface area contributed by atoms with Gasteiger partial charge in [-0.15, -0.1) is 0 Å². The van der Waals surface area contributed by atoms with Gasteiger partial charge in [-0.1, -0.05) is 32.1 Å². The van der Waals surface area contributed by atoms with Crippen LogP contribution in [-0.2, 0) is 0 Å². The second-order valence-electron chi connectivity index (χ2n) is 19.0. The zero-order valence-electron chi connectivity index (χ0n) is 29.1. The van der Waals surface area contributed by atoms with Crippen molar-refractivity contribution >= 4 is 5.78 Å². The summed E-state index contributed by atoms with van der Waals surface area (Å²) in [5.74, 6) is 3.09.